The SMILES string of the molecule is Cc1cccc(CN(C)c2nc(C)ccc2CN)c1. The molecule has 1 aromatic carbocycles. The fourth-order valence-corrected chi connectivity index (χ4v) is 2.22. The average Bonchev–Trinajstić information content (AvgIpc) is 2.38. The van der Waals surface area contributed by atoms with Crippen LogP contribution in [0.2, 0.25) is 0 Å². The van der Waals surface area contributed by atoms with Crippen LogP contribution in [0.25, 0.3) is 0 Å². The summed E-state index contributed by atoms with van der Waals surface area (Å²) >= 11 is 0. The van der Waals surface area contributed by atoms with Crippen LogP contribution in [0.5, 0.6) is 0 Å². The normalized spacial score (nSPS) is 10.5. The first-order chi connectivity index (χ1) is 9.10. The van der Waals surface area contributed by atoms with Gasteiger partial charge in [0.25, 0.3) is 0 Å². The molecule has 2 aromatic rings. The van der Waals surface area contributed by atoms with Crippen molar-refractivity contribution in [1.82, 2.24) is 4.98 Å². The van der Waals surface area contributed by atoms with E-state index in [9.17, 15) is 0 Å². The highest BCUT2D eigenvalue weighted by Crippen LogP contribution is 2.19. The van der Waals surface area contributed by atoms with Crippen molar-refractivity contribution in [1.29, 1.82) is 0 Å². The first-order valence-corrected chi connectivity index (χ1v) is 6.53. The third kappa shape index (κ3) is 3.32. The van der Waals surface area contributed by atoms with E-state index in [-0.39, 0.29) is 0 Å². The molecule has 0 saturated heterocycles. The van der Waals surface area contributed by atoms with Gasteiger partial charge in [-0.05, 0) is 25.5 Å². The zero-order valence-corrected chi connectivity index (χ0v) is 11.9. The molecule has 1 heterocycles. The molecule has 2 N–H and O–H groups in total. The average molecular weight is 255 g/mol. The largest absolute Gasteiger partial charge is 0.355 e. The summed E-state index contributed by atoms with van der Waals surface area (Å²) in [4.78, 5) is 6.77. The number of aromatic nitrogens is 1. The van der Waals surface area contributed by atoms with Crippen LogP contribution in [-0.2, 0) is 13.1 Å². The molecule has 0 atom stereocenters. The highest BCUT2D eigenvalue weighted by molar-refractivity contribution is 5.47. The minimum atomic E-state index is 0.515. The maximum Gasteiger partial charge on any atom is 0.133 e. The molecule has 3 heteroatoms. The van der Waals surface area contributed by atoms with Crippen LogP contribution < -0.4 is 10.6 Å². The van der Waals surface area contributed by atoms with E-state index < -0.39 is 0 Å². The summed E-state index contributed by atoms with van der Waals surface area (Å²) < 4.78 is 0. The first kappa shape index (κ1) is 13.6. The van der Waals surface area contributed by atoms with Crippen molar-refractivity contribution in [3.8, 4) is 0 Å². The van der Waals surface area contributed by atoms with Gasteiger partial charge in [-0.15, -0.1) is 0 Å². The van der Waals surface area contributed by atoms with Crippen LogP contribution in [0, 0.1) is 13.8 Å². The molecule has 100 valence electrons. The fourth-order valence-electron chi connectivity index (χ4n) is 2.22. The third-order valence-corrected chi connectivity index (χ3v) is 3.18. The Labute approximate surface area is 115 Å². The van der Waals surface area contributed by atoms with Gasteiger partial charge in [-0.25, -0.2) is 4.98 Å². The van der Waals surface area contributed by atoms with E-state index in [4.69, 9.17) is 5.73 Å². The zero-order valence-electron chi connectivity index (χ0n) is 11.9. The maximum absolute atomic E-state index is 5.79. The van der Waals surface area contributed by atoms with Crippen molar-refractivity contribution in [2.75, 3.05) is 11.9 Å². The molecule has 0 bridgehead atoms. The molecule has 1 aromatic heterocycles. The Morgan fingerprint density at radius 1 is 1.16 bits per heavy atom. The summed E-state index contributed by atoms with van der Waals surface area (Å²) in [5.74, 6) is 0.976. The lowest BCUT2D eigenvalue weighted by atomic mass is 10.1. The lowest BCUT2D eigenvalue weighted by Crippen LogP contribution is -2.20. The number of nitrogens with two attached hydrogens (primary N) is 1. The number of hydrogen-bond donors (Lipinski definition) is 1. The van der Waals surface area contributed by atoms with Gasteiger partial charge in [0.1, 0.15) is 5.82 Å². The highest BCUT2D eigenvalue weighted by atomic mass is 15.2. The van der Waals surface area contributed by atoms with Crippen LogP contribution in [0.1, 0.15) is 22.4 Å². The van der Waals surface area contributed by atoms with Crippen molar-refractivity contribution in [3.63, 3.8) is 0 Å². The van der Waals surface area contributed by atoms with E-state index >= 15 is 0 Å². The molecule has 0 aliphatic rings. The Kier molecular flexibility index (Phi) is 4.17. The van der Waals surface area contributed by atoms with Crippen LogP contribution in [0.4, 0.5) is 5.82 Å². The van der Waals surface area contributed by atoms with Crippen molar-refractivity contribution >= 4 is 5.82 Å². The third-order valence-electron chi connectivity index (χ3n) is 3.18. The Morgan fingerprint density at radius 2 is 1.95 bits per heavy atom. The summed E-state index contributed by atoms with van der Waals surface area (Å²) in [6.45, 7) is 5.47. The molecule has 0 fully saturated rings. The van der Waals surface area contributed by atoms with E-state index in [1.54, 1.807) is 0 Å². The van der Waals surface area contributed by atoms with E-state index in [0.29, 0.717) is 6.54 Å². The van der Waals surface area contributed by atoms with Crippen molar-refractivity contribution in [3.05, 3.63) is 58.8 Å². The minimum Gasteiger partial charge on any atom is -0.355 e. The molecule has 2 rings (SSSR count). The van der Waals surface area contributed by atoms with Crippen LogP contribution in [0.15, 0.2) is 36.4 Å². The second-order valence-corrected chi connectivity index (χ2v) is 4.98. The van der Waals surface area contributed by atoms with Gasteiger partial charge in [-0.3, -0.25) is 0 Å². The molecule has 0 aliphatic carbocycles. The lowest BCUT2D eigenvalue weighted by molar-refractivity contribution is 0.869. The van der Waals surface area contributed by atoms with Gasteiger partial charge < -0.3 is 10.6 Å². The molecule has 0 spiro atoms. The standard InChI is InChI=1S/C16H21N3/c1-12-5-4-6-14(9-12)11-19(3)16-15(10-17)8-7-13(2)18-16/h4-9H,10-11,17H2,1-3H3. The maximum atomic E-state index is 5.79. The predicted octanol–water partition coefficient (Wildman–Crippen LogP) is 2.79. The van der Waals surface area contributed by atoms with Gasteiger partial charge >= 0.3 is 0 Å². The van der Waals surface area contributed by atoms with Crippen LogP contribution in [-0.4, -0.2) is 12.0 Å². The Morgan fingerprint density at radius 3 is 2.63 bits per heavy atom. The van der Waals surface area contributed by atoms with Crippen molar-refractivity contribution in [2.45, 2.75) is 26.9 Å². The topological polar surface area (TPSA) is 42.2 Å². The van der Waals surface area contributed by atoms with Crippen LogP contribution >= 0.6 is 0 Å². The van der Waals surface area contributed by atoms with Gasteiger partial charge in [0.05, 0.1) is 0 Å². The zero-order chi connectivity index (χ0) is 13.8. The quantitative estimate of drug-likeness (QED) is 0.913. The molecule has 0 aliphatic heterocycles. The first-order valence-electron chi connectivity index (χ1n) is 6.53. The van der Waals surface area contributed by atoms with Gasteiger partial charge in [-0.2, -0.15) is 0 Å². The number of anilines is 1. The van der Waals surface area contributed by atoms with Gasteiger partial charge in [0.15, 0.2) is 0 Å². The number of aryl methyl sites for hydroxylation is 2. The molecule has 3 nitrogen and oxygen atoms in total. The molecule has 0 radical (unpaired) electrons. The summed E-state index contributed by atoms with van der Waals surface area (Å²) in [5, 5.41) is 0. The second kappa shape index (κ2) is 5.85. The van der Waals surface area contributed by atoms with E-state index in [1.165, 1.54) is 11.1 Å². The lowest BCUT2D eigenvalue weighted by Gasteiger charge is -2.21. The molecule has 19 heavy (non-hydrogen) atoms. The summed E-state index contributed by atoms with van der Waals surface area (Å²) in [5.41, 5.74) is 10.5. The number of benzene rings is 1. The summed E-state index contributed by atoms with van der Waals surface area (Å²) in [6, 6.07) is 12.6. The second-order valence-electron chi connectivity index (χ2n) is 4.98. The van der Waals surface area contributed by atoms with Crippen molar-refractivity contribution < 1.29 is 0 Å². The molecular weight excluding hydrogens is 234 g/mol. The van der Waals surface area contributed by atoms with Crippen LogP contribution in [0.3, 0.4) is 0 Å². The Hall–Kier alpha value is -1.87. The smallest absolute Gasteiger partial charge is 0.133 e. The molecular formula is C16H21N3. The fraction of sp³-hybridized carbons (Fsp3) is 0.312. The van der Waals surface area contributed by atoms with E-state index in [0.717, 1.165) is 23.6 Å². The molecule has 0 amide bonds. The Bertz CT molecular complexity index is 564. The number of rotatable bonds is 4. The molecule has 0 unspecified atom stereocenters. The minimum absolute atomic E-state index is 0.515. The molecule has 0 saturated carbocycles. The van der Waals surface area contributed by atoms with E-state index in [1.807, 2.05) is 13.0 Å². The Balaban J connectivity index is 2.24. The predicted molar refractivity (Wildman–Crippen MR) is 80.2 cm³/mol. The summed E-state index contributed by atoms with van der Waals surface area (Å²) in [7, 11) is 2.06. The van der Waals surface area contributed by atoms with Gasteiger partial charge in [-0.1, -0.05) is 35.9 Å². The highest BCUT2D eigenvalue weighted by Gasteiger charge is 2.09. The number of hydrogen-bond acceptors (Lipinski definition) is 3. The monoisotopic (exact) mass is 255 g/mol. The summed E-state index contributed by atoms with van der Waals surface area (Å²) in [6.07, 6.45) is 0. The van der Waals surface area contributed by atoms with Gasteiger partial charge in [0, 0.05) is 31.4 Å². The van der Waals surface area contributed by atoms with E-state index in [2.05, 4.69) is 54.2 Å². The number of pyridine rings is 1. The van der Waals surface area contributed by atoms with Gasteiger partial charge in [0.2, 0.25) is 0 Å². The van der Waals surface area contributed by atoms with Crippen molar-refractivity contribution in [2.24, 2.45) is 5.73 Å². The number of nitrogens with zero attached hydrogens (tertiary/aromatic N) is 2.